The number of imidazole rings is 1. The fraction of sp³-hybridized carbons (Fsp3) is 0.170. The van der Waals surface area contributed by atoms with Gasteiger partial charge in [0.05, 0.1) is 7.11 Å². The molecule has 0 saturated carbocycles. The molecule has 0 unspecified atom stereocenters. The van der Waals surface area contributed by atoms with Gasteiger partial charge in [0.1, 0.15) is 28.5 Å². The first-order chi connectivity index (χ1) is 27.1. The van der Waals surface area contributed by atoms with Crippen LogP contribution in [0.3, 0.4) is 0 Å². The molecule has 0 fully saturated rings. The maximum absolute atomic E-state index is 5.64. The Kier molecular flexibility index (Phi) is 10.1. The zero-order chi connectivity index (χ0) is 37.6. The van der Waals surface area contributed by atoms with E-state index in [2.05, 4.69) is 149 Å². The maximum Gasteiger partial charge on any atom is 0.183 e. The molecule has 8 heteroatoms. The first-order valence-corrected chi connectivity index (χ1v) is 18.8. The Hall–Kier alpha value is -6.67. The highest BCUT2D eigenvalue weighted by Crippen LogP contribution is 2.42. The molecule has 0 aliphatic heterocycles. The van der Waals surface area contributed by atoms with Crippen molar-refractivity contribution >= 4 is 0 Å². The molecule has 0 bridgehead atoms. The van der Waals surface area contributed by atoms with E-state index in [-0.39, 0.29) is 0 Å². The van der Waals surface area contributed by atoms with Crippen molar-refractivity contribution < 1.29 is 4.74 Å². The smallest absolute Gasteiger partial charge is 0.183 e. The number of aromatic nitrogens is 7. The van der Waals surface area contributed by atoms with Gasteiger partial charge in [0.25, 0.3) is 0 Å². The molecule has 5 aromatic carbocycles. The van der Waals surface area contributed by atoms with Crippen LogP contribution in [-0.4, -0.2) is 41.9 Å². The maximum atomic E-state index is 5.64. The Morgan fingerprint density at radius 3 is 1.76 bits per heavy atom. The number of aryl methyl sites for hydroxylation is 2. The minimum atomic E-state index is -0.813. The Labute approximate surface area is 322 Å². The molecule has 3 heterocycles. The largest absolute Gasteiger partial charge is 0.494 e. The van der Waals surface area contributed by atoms with E-state index < -0.39 is 5.54 Å². The summed E-state index contributed by atoms with van der Waals surface area (Å²) in [5, 5.41) is 13.6. The number of nitrogens with zero attached hydrogens (tertiary/aromatic N) is 7. The number of rotatable bonds is 13. The number of ether oxygens (including phenoxy) is 1. The van der Waals surface area contributed by atoms with Crippen LogP contribution in [0.15, 0.2) is 158 Å². The minimum Gasteiger partial charge on any atom is -0.494 e. The highest BCUT2D eigenvalue weighted by Gasteiger charge is 2.41. The minimum absolute atomic E-state index is 0.676. The van der Waals surface area contributed by atoms with E-state index in [4.69, 9.17) is 19.9 Å². The SMILES string of the molecule is CCCCc1nc(-c2nc(C)ccc2OC)cn1Cc1ccc(-c2ccc(-c3nnnn3C(c3ccccc3)(c3ccccc3)c3ccccc3)cc2)cc1. The van der Waals surface area contributed by atoms with Crippen LogP contribution in [0.5, 0.6) is 5.75 Å². The Bertz CT molecular complexity index is 2380. The third kappa shape index (κ3) is 6.95. The lowest BCUT2D eigenvalue weighted by Gasteiger charge is -2.36. The van der Waals surface area contributed by atoms with Crippen LogP contribution >= 0.6 is 0 Å². The van der Waals surface area contributed by atoms with Crippen molar-refractivity contribution in [3.8, 4) is 39.7 Å². The van der Waals surface area contributed by atoms with Gasteiger partial charge >= 0.3 is 0 Å². The second kappa shape index (κ2) is 15.7. The third-order valence-electron chi connectivity index (χ3n) is 10.2. The molecular formula is C47H43N7O. The van der Waals surface area contributed by atoms with Crippen LogP contribution in [0.1, 0.15) is 53.5 Å². The number of benzene rings is 5. The number of unbranched alkanes of at least 4 members (excludes halogenated alkanes) is 1. The zero-order valence-corrected chi connectivity index (χ0v) is 31.4. The summed E-state index contributed by atoms with van der Waals surface area (Å²) < 4.78 is 9.86. The number of pyridine rings is 1. The standard InChI is InChI=1S/C47H43N7O/c1-4-5-21-44-49-42(45-43(55-3)31-22-34(2)48-45)33-53(44)32-35-23-25-36(26-24-35)37-27-29-38(30-28-37)46-50-51-52-54(46)47(39-15-9-6-10-16-39,40-17-11-7-12-18-40)41-19-13-8-14-20-41/h6-20,22-31,33H,4-5,21,32H2,1-3H3. The van der Waals surface area contributed by atoms with Crippen LogP contribution in [0.25, 0.3) is 33.9 Å². The molecule has 0 N–H and O–H groups in total. The summed E-state index contributed by atoms with van der Waals surface area (Å²) in [4.78, 5) is 9.80. The van der Waals surface area contributed by atoms with Gasteiger partial charge in [-0.25, -0.2) is 14.6 Å². The third-order valence-corrected chi connectivity index (χ3v) is 10.2. The first-order valence-electron chi connectivity index (χ1n) is 18.8. The summed E-state index contributed by atoms with van der Waals surface area (Å²) >= 11 is 0. The van der Waals surface area contributed by atoms with Crippen molar-refractivity contribution in [3.05, 3.63) is 192 Å². The summed E-state index contributed by atoms with van der Waals surface area (Å²) in [6.45, 7) is 4.92. The fourth-order valence-electron chi connectivity index (χ4n) is 7.44. The molecule has 8 rings (SSSR count). The predicted molar refractivity (Wildman–Crippen MR) is 218 cm³/mol. The van der Waals surface area contributed by atoms with E-state index in [1.165, 1.54) is 5.56 Å². The molecule has 0 spiro atoms. The molecule has 0 radical (unpaired) electrons. The van der Waals surface area contributed by atoms with Crippen molar-refractivity contribution in [1.82, 2.24) is 34.7 Å². The van der Waals surface area contributed by atoms with Gasteiger partial charge in [0.2, 0.25) is 0 Å². The Morgan fingerprint density at radius 2 is 1.20 bits per heavy atom. The van der Waals surface area contributed by atoms with Gasteiger partial charge in [-0.3, -0.25) is 0 Å². The first kappa shape index (κ1) is 35.4. The molecule has 0 aliphatic carbocycles. The van der Waals surface area contributed by atoms with E-state index in [0.717, 1.165) is 81.3 Å². The molecule has 0 saturated heterocycles. The summed E-state index contributed by atoms with van der Waals surface area (Å²) in [6, 6.07) is 52.6. The molecule has 8 nitrogen and oxygen atoms in total. The second-order valence-corrected chi connectivity index (χ2v) is 13.8. The summed E-state index contributed by atoms with van der Waals surface area (Å²) in [6.07, 6.45) is 5.19. The lowest BCUT2D eigenvalue weighted by molar-refractivity contribution is 0.414. The van der Waals surface area contributed by atoms with Gasteiger partial charge < -0.3 is 9.30 Å². The topological polar surface area (TPSA) is 83.5 Å². The highest BCUT2D eigenvalue weighted by atomic mass is 16.5. The molecule has 8 aromatic rings. The number of methoxy groups -OCH3 is 1. The monoisotopic (exact) mass is 721 g/mol. The molecule has 0 atom stereocenters. The van der Waals surface area contributed by atoms with Crippen LogP contribution in [0.2, 0.25) is 0 Å². The molecule has 0 aliphatic rings. The van der Waals surface area contributed by atoms with Crippen molar-refractivity contribution in [2.75, 3.05) is 7.11 Å². The quantitative estimate of drug-likeness (QED) is 0.110. The lowest BCUT2D eigenvalue weighted by atomic mass is 9.77. The predicted octanol–water partition coefficient (Wildman–Crippen LogP) is 9.81. The lowest BCUT2D eigenvalue weighted by Crippen LogP contribution is -2.39. The van der Waals surface area contributed by atoms with Gasteiger partial charge in [0.15, 0.2) is 5.82 Å². The zero-order valence-electron chi connectivity index (χ0n) is 31.4. The summed E-state index contributed by atoms with van der Waals surface area (Å²) in [5.41, 5.74) is 9.29. The Balaban J connectivity index is 1.10. The summed E-state index contributed by atoms with van der Waals surface area (Å²) in [5.74, 6) is 2.46. The van der Waals surface area contributed by atoms with E-state index >= 15 is 0 Å². The molecule has 3 aromatic heterocycles. The van der Waals surface area contributed by atoms with E-state index in [0.29, 0.717) is 12.4 Å². The van der Waals surface area contributed by atoms with Crippen LogP contribution in [0, 0.1) is 6.92 Å². The van der Waals surface area contributed by atoms with Crippen LogP contribution in [0.4, 0.5) is 0 Å². The van der Waals surface area contributed by atoms with Gasteiger partial charge in [-0.15, -0.1) is 5.10 Å². The summed E-state index contributed by atoms with van der Waals surface area (Å²) in [7, 11) is 1.68. The van der Waals surface area contributed by atoms with Crippen LogP contribution in [-0.2, 0) is 18.5 Å². The van der Waals surface area contributed by atoms with Crippen LogP contribution < -0.4 is 4.74 Å². The van der Waals surface area contributed by atoms with Crippen molar-refractivity contribution in [1.29, 1.82) is 0 Å². The molecule has 55 heavy (non-hydrogen) atoms. The van der Waals surface area contributed by atoms with Gasteiger partial charge in [-0.1, -0.05) is 153 Å². The normalized spacial score (nSPS) is 11.5. The van der Waals surface area contributed by atoms with E-state index in [1.54, 1.807) is 7.11 Å². The average Bonchev–Trinajstić information content (AvgIpc) is 3.90. The highest BCUT2D eigenvalue weighted by molar-refractivity contribution is 5.69. The van der Waals surface area contributed by atoms with Gasteiger partial charge in [0, 0.05) is 30.4 Å². The fourth-order valence-corrected chi connectivity index (χ4v) is 7.44. The molecular weight excluding hydrogens is 679 g/mol. The number of hydrogen-bond acceptors (Lipinski definition) is 6. The van der Waals surface area contributed by atoms with Crippen molar-refractivity contribution in [2.45, 2.75) is 45.2 Å². The van der Waals surface area contributed by atoms with Crippen molar-refractivity contribution in [3.63, 3.8) is 0 Å². The van der Waals surface area contributed by atoms with Gasteiger partial charge in [-0.05, 0) is 69.3 Å². The number of hydrogen-bond donors (Lipinski definition) is 0. The average molecular weight is 722 g/mol. The van der Waals surface area contributed by atoms with E-state index in [1.807, 2.05) is 41.9 Å². The second-order valence-electron chi connectivity index (χ2n) is 13.8. The Morgan fingerprint density at radius 1 is 0.636 bits per heavy atom. The van der Waals surface area contributed by atoms with Crippen molar-refractivity contribution in [2.24, 2.45) is 0 Å². The van der Waals surface area contributed by atoms with E-state index in [9.17, 15) is 0 Å². The molecule has 0 amide bonds. The number of tetrazole rings is 1. The molecule has 272 valence electrons. The van der Waals surface area contributed by atoms with Gasteiger partial charge in [-0.2, -0.15) is 0 Å².